The lowest BCUT2D eigenvalue weighted by Crippen LogP contribution is -2.03. The van der Waals surface area contributed by atoms with Gasteiger partial charge >= 0.3 is 0 Å². The van der Waals surface area contributed by atoms with Gasteiger partial charge in [-0.05, 0) is 30.7 Å². The van der Waals surface area contributed by atoms with Crippen LogP contribution in [0.3, 0.4) is 0 Å². The van der Waals surface area contributed by atoms with Crippen molar-refractivity contribution in [2.45, 2.75) is 19.4 Å². The molecule has 1 aromatic heterocycles. The zero-order chi connectivity index (χ0) is 13.6. The van der Waals surface area contributed by atoms with Crippen LogP contribution in [0.1, 0.15) is 28.6 Å². The Morgan fingerprint density at radius 1 is 1.42 bits per heavy atom. The molecular weight excluding hydrogens is 266 g/mol. The van der Waals surface area contributed by atoms with Gasteiger partial charge in [-0.2, -0.15) is 0 Å². The third kappa shape index (κ3) is 2.03. The molecule has 1 aliphatic heterocycles. The Labute approximate surface area is 115 Å². The van der Waals surface area contributed by atoms with Crippen LogP contribution in [-0.2, 0) is 11.2 Å². The number of amides is 1. The number of hydrogen-bond acceptors (Lipinski definition) is 3. The van der Waals surface area contributed by atoms with E-state index in [0.717, 1.165) is 11.3 Å². The molecule has 2 N–H and O–H groups in total. The first-order valence-corrected chi connectivity index (χ1v) is 6.28. The lowest BCUT2D eigenvalue weighted by Gasteiger charge is -2.13. The van der Waals surface area contributed by atoms with Crippen LogP contribution in [0.2, 0.25) is 5.02 Å². The van der Waals surface area contributed by atoms with Gasteiger partial charge in [0.2, 0.25) is 5.91 Å². The van der Waals surface area contributed by atoms with E-state index in [9.17, 15) is 9.90 Å². The number of fused-ring (bicyclic) bond motifs is 1. The van der Waals surface area contributed by atoms with Crippen LogP contribution in [-0.4, -0.2) is 11.0 Å². The Hall–Kier alpha value is -1.78. The molecule has 0 spiro atoms. The van der Waals surface area contributed by atoms with Crippen LogP contribution in [0.4, 0.5) is 5.69 Å². The first kappa shape index (κ1) is 12.3. The highest BCUT2D eigenvalue weighted by Gasteiger charge is 2.24. The van der Waals surface area contributed by atoms with Crippen molar-refractivity contribution in [1.29, 1.82) is 0 Å². The molecule has 19 heavy (non-hydrogen) atoms. The second-order valence-corrected chi connectivity index (χ2v) is 5.00. The number of carbonyl (C=O) groups excluding carboxylic acids is 1. The van der Waals surface area contributed by atoms with Gasteiger partial charge in [-0.3, -0.25) is 4.79 Å². The molecule has 1 aliphatic rings. The lowest BCUT2D eigenvalue weighted by atomic mass is 9.99. The van der Waals surface area contributed by atoms with Crippen molar-refractivity contribution in [2.24, 2.45) is 0 Å². The van der Waals surface area contributed by atoms with E-state index in [1.807, 2.05) is 0 Å². The van der Waals surface area contributed by atoms with E-state index in [0.29, 0.717) is 28.3 Å². The smallest absolute Gasteiger partial charge is 0.228 e. The predicted octanol–water partition coefficient (Wildman–Crippen LogP) is 2.82. The molecule has 0 fully saturated rings. The van der Waals surface area contributed by atoms with E-state index in [1.165, 1.54) is 6.26 Å². The number of benzene rings is 1. The van der Waals surface area contributed by atoms with Crippen molar-refractivity contribution >= 4 is 23.2 Å². The molecule has 0 saturated heterocycles. The zero-order valence-electron chi connectivity index (χ0n) is 10.2. The Bertz CT molecular complexity index is 663. The fourth-order valence-electron chi connectivity index (χ4n) is 2.32. The fraction of sp³-hybridized carbons (Fsp3) is 0.214. The van der Waals surface area contributed by atoms with Gasteiger partial charge in [-0.1, -0.05) is 11.6 Å². The van der Waals surface area contributed by atoms with Crippen LogP contribution in [0.5, 0.6) is 0 Å². The monoisotopic (exact) mass is 277 g/mol. The largest absolute Gasteiger partial charge is 0.469 e. The molecule has 0 aliphatic carbocycles. The van der Waals surface area contributed by atoms with Crippen molar-refractivity contribution in [3.8, 4) is 0 Å². The van der Waals surface area contributed by atoms with Crippen LogP contribution in [0, 0.1) is 6.92 Å². The fourth-order valence-corrected chi connectivity index (χ4v) is 2.59. The van der Waals surface area contributed by atoms with Gasteiger partial charge < -0.3 is 14.8 Å². The molecule has 2 aromatic rings. The molecule has 0 saturated carbocycles. The normalized spacial score (nSPS) is 15.2. The summed E-state index contributed by atoms with van der Waals surface area (Å²) in [6.45, 7) is 1.78. The Balaban J connectivity index is 2.05. The van der Waals surface area contributed by atoms with Crippen molar-refractivity contribution in [3.05, 3.63) is 51.9 Å². The molecule has 4 nitrogen and oxygen atoms in total. The van der Waals surface area contributed by atoms with E-state index in [2.05, 4.69) is 5.32 Å². The number of aliphatic hydroxyl groups excluding tert-OH is 1. The van der Waals surface area contributed by atoms with Crippen molar-refractivity contribution in [1.82, 2.24) is 0 Å². The number of aryl methyl sites for hydroxylation is 1. The van der Waals surface area contributed by atoms with E-state index in [-0.39, 0.29) is 5.91 Å². The quantitative estimate of drug-likeness (QED) is 0.887. The first-order chi connectivity index (χ1) is 9.06. The van der Waals surface area contributed by atoms with E-state index >= 15 is 0 Å². The van der Waals surface area contributed by atoms with Crippen LogP contribution in [0.25, 0.3) is 0 Å². The van der Waals surface area contributed by atoms with Crippen LogP contribution < -0.4 is 5.32 Å². The van der Waals surface area contributed by atoms with Crippen molar-refractivity contribution < 1.29 is 14.3 Å². The summed E-state index contributed by atoms with van der Waals surface area (Å²) in [6, 6.07) is 5.16. The zero-order valence-corrected chi connectivity index (χ0v) is 11.0. The number of nitrogens with one attached hydrogen (secondary N) is 1. The number of halogens is 1. The third-order valence-electron chi connectivity index (χ3n) is 3.34. The predicted molar refractivity (Wildman–Crippen MR) is 71.3 cm³/mol. The number of anilines is 1. The minimum Gasteiger partial charge on any atom is -0.469 e. The summed E-state index contributed by atoms with van der Waals surface area (Å²) in [5.41, 5.74) is 2.83. The number of rotatable bonds is 2. The average Bonchev–Trinajstić information content (AvgIpc) is 2.92. The summed E-state index contributed by atoms with van der Waals surface area (Å²) in [4.78, 5) is 11.3. The average molecular weight is 278 g/mol. The van der Waals surface area contributed by atoms with Crippen molar-refractivity contribution in [3.63, 3.8) is 0 Å². The van der Waals surface area contributed by atoms with Crippen LogP contribution >= 0.6 is 11.6 Å². The molecule has 1 unspecified atom stereocenters. The standard InChI is InChI=1S/C14H12ClNO3/c1-7-9(2-3-19-7)14(18)10-4-8-5-13(17)16-12(8)6-11(10)15/h2-4,6,14,18H,5H2,1H3,(H,16,17). The minimum atomic E-state index is -0.854. The summed E-state index contributed by atoms with van der Waals surface area (Å²) in [5.74, 6) is 0.593. The molecular formula is C14H12ClNO3. The molecule has 2 heterocycles. The lowest BCUT2D eigenvalue weighted by molar-refractivity contribution is -0.115. The maximum atomic E-state index is 11.3. The topological polar surface area (TPSA) is 62.5 Å². The van der Waals surface area contributed by atoms with Gasteiger partial charge in [-0.25, -0.2) is 0 Å². The van der Waals surface area contributed by atoms with Gasteiger partial charge in [0.15, 0.2) is 0 Å². The van der Waals surface area contributed by atoms with Gasteiger partial charge in [0.25, 0.3) is 0 Å². The molecule has 5 heteroatoms. The summed E-state index contributed by atoms with van der Waals surface area (Å²) in [7, 11) is 0. The molecule has 98 valence electrons. The SMILES string of the molecule is Cc1occc1C(O)c1cc2c(cc1Cl)NC(=O)C2. The van der Waals surface area contributed by atoms with Gasteiger partial charge in [0.05, 0.1) is 12.7 Å². The van der Waals surface area contributed by atoms with Crippen molar-refractivity contribution in [2.75, 3.05) is 5.32 Å². The first-order valence-electron chi connectivity index (χ1n) is 5.90. The third-order valence-corrected chi connectivity index (χ3v) is 3.66. The van der Waals surface area contributed by atoms with Gasteiger partial charge in [-0.15, -0.1) is 0 Å². The molecule has 1 amide bonds. The summed E-state index contributed by atoms with van der Waals surface area (Å²) >= 11 is 6.18. The highest BCUT2D eigenvalue weighted by molar-refractivity contribution is 6.32. The highest BCUT2D eigenvalue weighted by atomic mass is 35.5. The minimum absolute atomic E-state index is 0.0581. The molecule has 1 aromatic carbocycles. The Morgan fingerprint density at radius 2 is 2.21 bits per heavy atom. The van der Waals surface area contributed by atoms with E-state index in [1.54, 1.807) is 25.1 Å². The number of furan rings is 1. The van der Waals surface area contributed by atoms with Crippen LogP contribution in [0.15, 0.2) is 28.9 Å². The Morgan fingerprint density at radius 3 is 2.89 bits per heavy atom. The maximum Gasteiger partial charge on any atom is 0.228 e. The number of carbonyl (C=O) groups is 1. The molecule has 1 atom stereocenters. The summed E-state index contributed by atoms with van der Waals surface area (Å²) in [5, 5.41) is 13.5. The summed E-state index contributed by atoms with van der Waals surface area (Å²) < 4.78 is 5.19. The second kappa shape index (κ2) is 4.40. The maximum absolute atomic E-state index is 11.3. The van der Waals surface area contributed by atoms with Gasteiger partial charge in [0.1, 0.15) is 11.9 Å². The van der Waals surface area contributed by atoms with E-state index < -0.39 is 6.10 Å². The van der Waals surface area contributed by atoms with Gasteiger partial charge in [0, 0.05) is 21.8 Å². The second-order valence-electron chi connectivity index (χ2n) is 4.59. The number of aliphatic hydroxyl groups is 1. The molecule has 3 rings (SSSR count). The summed E-state index contributed by atoms with van der Waals surface area (Å²) in [6.07, 6.45) is 0.990. The number of hydrogen-bond donors (Lipinski definition) is 2. The molecule has 0 radical (unpaired) electrons. The highest BCUT2D eigenvalue weighted by Crippen LogP contribution is 2.36. The molecule has 0 bridgehead atoms. The Kier molecular flexibility index (Phi) is 2.84. The van der Waals surface area contributed by atoms with E-state index in [4.69, 9.17) is 16.0 Å².